The van der Waals surface area contributed by atoms with E-state index in [1.165, 1.54) is 0 Å². The lowest BCUT2D eigenvalue weighted by molar-refractivity contribution is -0.117. The van der Waals surface area contributed by atoms with Crippen LogP contribution in [0.5, 0.6) is 0 Å². The highest BCUT2D eigenvalue weighted by Crippen LogP contribution is 2.40. The van der Waals surface area contributed by atoms with Crippen LogP contribution < -0.4 is 10.2 Å². The Kier molecular flexibility index (Phi) is 6.28. The molecule has 0 bridgehead atoms. The summed E-state index contributed by atoms with van der Waals surface area (Å²) in [6, 6.07) is 13.6. The van der Waals surface area contributed by atoms with Gasteiger partial charge in [-0.3, -0.25) is 4.79 Å². The highest BCUT2D eigenvalue weighted by molar-refractivity contribution is 7.09. The van der Waals surface area contributed by atoms with Gasteiger partial charge in [0.1, 0.15) is 0 Å². The summed E-state index contributed by atoms with van der Waals surface area (Å²) in [6.45, 7) is 7.73. The van der Waals surface area contributed by atoms with Crippen LogP contribution >= 0.6 is 11.3 Å². The van der Waals surface area contributed by atoms with E-state index in [-0.39, 0.29) is 24.0 Å². The summed E-state index contributed by atoms with van der Waals surface area (Å²) in [6.07, 6.45) is 0.728. The molecule has 0 saturated heterocycles. The number of ether oxygens (including phenoxy) is 1. The third-order valence-corrected chi connectivity index (χ3v) is 6.44. The molecule has 0 saturated carbocycles. The lowest BCUT2D eigenvalue weighted by Crippen LogP contribution is -2.43. The van der Waals surface area contributed by atoms with Crippen molar-refractivity contribution in [3.05, 3.63) is 64.0 Å². The molecule has 7 heteroatoms. The molecule has 2 aromatic carbocycles. The Morgan fingerprint density at radius 2 is 1.97 bits per heavy atom. The summed E-state index contributed by atoms with van der Waals surface area (Å²) in [7, 11) is 0. The van der Waals surface area contributed by atoms with Gasteiger partial charge in [-0.25, -0.2) is 9.78 Å². The molecular formula is C25H27N3O3S. The van der Waals surface area contributed by atoms with Crippen LogP contribution in [0.25, 0.3) is 11.3 Å². The zero-order valence-corrected chi connectivity index (χ0v) is 19.5. The largest absolute Gasteiger partial charge is 0.462 e. The van der Waals surface area contributed by atoms with Gasteiger partial charge < -0.3 is 15.0 Å². The lowest BCUT2D eigenvalue weighted by atomic mass is 9.90. The van der Waals surface area contributed by atoms with E-state index in [9.17, 15) is 9.59 Å². The number of aryl methyl sites for hydroxylation is 1. The maximum Gasteiger partial charge on any atom is 0.338 e. The first kappa shape index (κ1) is 22.0. The fourth-order valence-corrected chi connectivity index (χ4v) is 4.88. The Morgan fingerprint density at radius 1 is 1.22 bits per heavy atom. The van der Waals surface area contributed by atoms with Gasteiger partial charge in [-0.2, -0.15) is 0 Å². The molecule has 1 aliphatic heterocycles. The van der Waals surface area contributed by atoms with Gasteiger partial charge in [0.15, 0.2) is 0 Å². The van der Waals surface area contributed by atoms with Crippen LogP contribution in [0.4, 0.5) is 11.4 Å². The van der Waals surface area contributed by atoms with Gasteiger partial charge in [-0.05, 0) is 63.1 Å². The van der Waals surface area contributed by atoms with Gasteiger partial charge in [0.25, 0.3) is 0 Å². The van der Waals surface area contributed by atoms with Crippen LogP contribution in [0.2, 0.25) is 0 Å². The highest BCUT2D eigenvalue weighted by atomic mass is 32.1. The topological polar surface area (TPSA) is 71.5 Å². The number of anilines is 2. The van der Waals surface area contributed by atoms with E-state index in [1.54, 1.807) is 36.2 Å². The molecule has 6 nitrogen and oxygen atoms in total. The van der Waals surface area contributed by atoms with Crippen LogP contribution in [0.1, 0.15) is 54.2 Å². The second kappa shape index (κ2) is 9.12. The van der Waals surface area contributed by atoms with E-state index < -0.39 is 0 Å². The number of aromatic nitrogens is 1. The van der Waals surface area contributed by atoms with E-state index >= 15 is 0 Å². The number of hydrogen-bond donors (Lipinski definition) is 1. The number of esters is 1. The zero-order valence-electron chi connectivity index (χ0n) is 18.7. The number of hydrogen-bond acceptors (Lipinski definition) is 6. The summed E-state index contributed by atoms with van der Waals surface area (Å²) < 4.78 is 5.18. The van der Waals surface area contributed by atoms with Gasteiger partial charge in [-0.15, -0.1) is 11.3 Å². The Bertz CT molecular complexity index is 1140. The van der Waals surface area contributed by atoms with Gasteiger partial charge in [0.2, 0.25) is 5.91 Å². The van der Waals surface area contributed by atoms with Crippen molar-refractivity contribution < 1.29 is 14.3 Å². The molecule has 1 amide bonds. The smallest absolute Gasteiger partial charge is 0.338 e. The van der Waals surface area contributed by atoms with E-state index in [0.717, 1.165) is 39.6 Å². The predicted octanol–water partition coefficient (Wildman–Crippen LogP) is 5.59. The molecule has 166 valence electrons. The maximum absolute atomic E-state index is 12.3. The summed E-state index contributed by atoms with van der Waals surface area (Å²) in [5, 5.41) is 6.70. The van der Waals surface area contributed by atoms with E-state index in [4.69, 9.17) is 4.74 Å². The van der Waals surface area contributed by atoms with Crippen molar-refractivity contribution in [3.8, 4) is 11.3 Å². The molecule has 0 radical (unpaired) electrons. The van der Waals surface area contributed by atoms with Gasteiger partial charge in [0.05, 0.1) is 28.9 Å². The molecule has 0 fully saturated rings. The number of benzene rings is 2. The molecular weight excluding hydrogens is 422 g/mol. The summed E-state index contributed by atoms with van der Waals surface area (Å²) in [5.41, 5.74) is 5.27. The Labute approximate surface area is 192 Å². The first-order valence-electron chi connectivity index (χ1n) is 10.8. The normalized spacial score (nSPS) is 17.6. The van der Waals surface area contributed by atoms with Crippen molar-refractivity contribution >= 4 is 34.6 Å². The molecule has 32 heavy (non-hydrogen) atoms. The molecule has 3 aromatic rings. The van der Waals surface area contributed by atoms with E-state index in [2.05, 4.69) is 27.8 Å². The Balaban J connectivity index is 1.65. The number of carbonyl (C=O) groups excluding carboxylic acids is 2. The second-order valence-electron chi connectivity index (χ2n) is 7.99. The summed E-state index contributed by atoms with van der Waals surface area (Å²) in [5.74, 6) is -0.367. The van der Waals surface area contributed by atoms with E-state index in [0.29, 0.717) is 12.2 Å². The van der Waals surface area contributed by atoms with Gasteiger partial charge in [-0.1, -0.05) is 12.1 Å². The first-order chi connectivity index (χ1) is 15.4. The molecule has 1 aliphatic rings. The molecule has 2 unspecified atom stereocenters. The van der Waals surface area contributed by atoms with Crippen LogP contribution in [-0.2, 0) is 9.53 Å². The third-order valence-electron chi connectivity index (χ3n) is 5.67. The number of carbonyl (C=O) groups is 2. The van der Waals surface area contributed by atoms with Crippen molar-refractivity contribution in [1.29, 1.82) is 0 Å². The van der Waals surface area contributed by atoms with Crippen molar-refractivity contribution in [2.45, 2.75) is 46.2 Å². The van der Waals surface area contributed by atoms with Crippen molar-refractivity contribution in [2.24, 2.45) is 0 Å². The van der Waals surface area contributed by atoms with Crippen molar-refractivity contribution in [2.75, 3.05) is 16.8 Å². The molecule has 2 atom stereocenters. The van der Waals surface area contributed by atoms with Crippen LogP contribution in [-0.4, -0.2) is 29.5 Å². The van der Waals surface area contributed by atoms with Crippen LogP contribution in [0.3, 0.4) is 0 Å². The molecule has 0 spiro atoms. The predicted molar refractivity (Wildman–Crippen MR) is 128 cm³/mol. The number of nitrogens with zero attached hydrogens (tertiary/aromatic N) is 2. The van der Waals surface area contributed by atoms with Crippen LogP contribution in [0, 0.1) is 6.92 Å². The number of nitrogens with one attached hydrogen (secondary N) is 1. The maximum atomic E-state index is 12.3. The number of thiazole rings is 1. The minimum absolute atomic E-state index is 0.0102. The molecule has 4 rings (SSSR count). The van der Waals surface area contributed by atoms with Gasteiger partial charge in [0, 0.05) is 35.3 Å². The summed E-state index contributed by atoms with van der Waals surface area (Å²) in [4.78, 5) is 31.0. The monoisotopic (exact) mass is 449 g/mol. The summed E-state index contributed by atoms with van der Waals surface area (Å²) >= 11 is 1.64. The van der Waals surface area contributed by atoms with Crippen molar-refractivity contribution in [1.82, 2.24) is 4.98 Å². The number of amides is 1. The minimum atomic E-state index is -0.357. The standard InChI is InChI=1S/C25H27N3O3S/c1-5-31-25(30)19-8-11-24-21(13-19)22(12-15(2)28(24)17(4)29)27-20-9-6-18(7-10-20)23-14-32-16(3)26-23/h6-11,13-15,22,27H,5,12H2,1-4H3. The third kappa shape index (κ3) is 4.39. The lowest BCUT2D eigenvalue weighted by Gasteiger charge is -2.39. The molecule has 2 heterocycles. The Morgan fingerprint density at radius 3 is 2.59 bits per heavy atom. The highest BCUT2D eigenvalue weighted by Gasteiger charge is 2.33. The zero-order chi connectivity index (χ0) is 22.8. The first-order valence-corrected chi connectivity index (χ1v) is 11.6. The van der Waals surface area contributed by atoms with Crippen molar-refractivity contribution in [3.63, 3.8) is 0 Å². The van der Waals surface area contributed by atoms with Crippen LogP contribution in [0.15, 0.2) is 47.8 Å². The average molecular weight is 450 g/mol. The molecule has 1 N–H and O–H groups in total. The number of fused-ring (bicyclic) bond motifs is 1. The second-order valence-corrected chi connectivity index (χ2v) is 9.06. The molecule has 0 aliphatic carbocycles. The quantitative estimate of drug-likeness (QED) is 0.514. The minimum Gasteiger partial charge on any atom is -0.462 e. The fourth-order valence-electron chi connectivity index (χ4n) is 4.26. The SMILES string of the molecule is CCOC(=O)c1ccc2c(c1)C(Nc1ccc(-c3csc(C)n3)cc1)CC(C)N2C(C)=O. The van der Waals surface area contributed by atoms with Gasteiger partial charge >= 0.3 is 5.97 Å². The fraction of sp³-hybridized carbons (Fsp3) is 0.320. The Hall–Kier alpha value is -3.19. The molecule has 1 aromatic heterocycles. The average Bonchev–Trinajstić information content (AvgIpc) is 3.20. The van der Waals surface area contributed by atoms with E-state index in [1.807, 2.05) is 38.1 Å². The number of rotatable bonds is 5.